The number of halogens is 4. The van der Waals surface area contributed by atoms with Gasteiger partial charge in [-0.3, -0.25) is 4.79 Å². The monoisotopic (exact) mass is 253 g/mol. The number of alkyl halides is 2. The minimum Gasteiger partial charge on any atom is -0.469 e. The molecule has 0 amide bonds. The van der Waals surface area contributed by atoms with Crippen LogP contribution in [0.15, 0.2) is 6.20 Å². The quantitative estimate of drug-likeness (QED) is 0.614. The zero-order valence-electron chi connectivity index (χ0n) is 8.14. The van der Waals surface area contributed by atoms with Crippen molar-refractivity contribution in [3.8, 4) is 0 Å². The van der Waals surface area contributed by atoms with Gasteiger partial charge in [0.2, 0.25) is 0 Å². The Bertz CT molecular complexity index is 412. The largest absolute Gasteiger partial charge is 0.469 e. The highest BCUT2D eigenvalue weighted by molar-refractivity contribution is 6.30. The molecule has 0 unspecified atom stereocenters. The second-order valence-corrected chi connectivity index (χ2v) is 3.20. The summed E-state index contributed by atoms with van der Waals surface area (Å²) in [4.78, 5) is 14.2. The van der Waals surface area contributed by atoms with Crippen molar-refractivity contribution in [3.63, 3.8) is 0 Å². The molecule has 1 aromatic rings. The van der Waals surface area contributed by atoms with E-state index < -0.39 is 40.9 Å². The fraction of sp³-hybridized carbons (Fsp3) is 0.333. The third kappa shape index (κ3) is 2.63. The Morgan fingerprint density at radius 2 is 2.25 bits per heavy atom. The lowest BCUT2D eigenvalue weighted by Gasteiger charge is -2.09. The van der Waals surface area contributed by atoms with E-state index in [4.69, 9.17) is 11.6 Å². The topological polar surface area (TPSA) is 39.2 Å². The first-order valence-corrected chi connectivity index (χ1v) is 4.53. The van der Waals surface area contributed by atoms with E-state index in [1.807, 2.05) is 0 Å². The Morgan fingerprint density at radius 3 is 2.75 bits per heavy atom. The number of hydrogen-bond donors (Lipinski definition) is 0. The van der Waals surface area contributed by atoms with Crippen molar-refractivity contribution in [3.05, 3.63) is 28.3 Å². The lowest BCUT2D eigenvalue weighted by atomic mass is 10.1. The molecule has 0 aliphatic carbocycles. The van der Waals surface area contributed by atoms with Crippen molar-refractivity contribution in [2.75, 3.05) is 7.11 Å². The summed E-state index contributed by atoms with van der Waals surface area (Å²) in [6.07, 6.45) is -2.92. The summed E-state index contributed by atoms with van der Waals surface area (Å²) in [6, 6.07) is 0. The van der Waals surface area contributed by atoms with E-state index in [0.717, 1.165) is 7.11 Å². The average Bonchev–Trinajstić information content (AvgIpc) is 2.22. The van der Waals surface area contributed by atoms with Gasteiger partial charge in [0, 0.05) is 5.56 Å². The smallest absolute Gasteiger partial charge is 0.310 e. The van der Waals surface area contributed by atoms with Gasteiger partial charge >= 0.3 is 5.97 Å². The Balaban J connectivity index is 3.23. The number of hydrogen-bond acceptors (Lipinski definition) is 3. The first-order valence-electron chi connectivity index (χ1n) is 4.15. The molecule has 1 rings (SSSR count). The van der Waals surface area contributed by atoms with Gasteiger partial charge in [0.1, 0.15) is 11.0 Å². The molecule has 0 saturated heterocycles. The molecular weight excluding hydrogens is 247 g/mol. The van der Waals surface area contributed by atoms with Gasteiger partial charge < -0.3 is 4.74 Å². The molecule has 0 aromatic carbocycles. The minimum absolute atomic E-state index is 0.484. The first-order chi connectivity index (χ1) is 7.47. The van der Waals surface area contributed by atoms with Crippen molar-refractivity contribution in [1.29, 1.82) is 0 Å². The third-order valence-electron chi connectivity index (χ3n) is 1.89. The summed E-state index contributed by atoms with van der Waals surface area (Å²) < 4.78 is 42.7. The lowest BCUT2D eigenvalue weighted by molar-refractivity contribution is -0.139. The van der Waals surface area contributed by atoms with Crippen molar-refractivity contribution >= 4 is 17.6 Å². The van der Waals surface area contributed by atoms with Crippen LogP contribution in [-0.2, 0) is 16.0 Å². The Hall–Kier alpha value is -1.30. The summed E-state index contributed by atoms with van der Waals surface area (Å²) in [5.74, 6) is -1.84. The first kappa shape index (κ1) is 12.8. The Kier molecular flexibility index (Phi) is 4.12. The molecule has 0 fully saturated rings. The predicted octanol–water partition coefficient (Wildman–Crippen LogP) is 2.53. The van der Waals surface area contributed by atoms with Gasteiger partial charge in [-0.25, -0.2) is 18.2 Å². The highest BCUT2D eigenvalue weighted by Crippen LogP contribution is 2.30. The maximum absolute atomic E-state index is 13.2. The number of methoxy groups -OCH3 is 1. The molecule has 0 aliphatic heterocycles. The standard InChI is InChI=1S/C9H7ClF3NO2/c1-16-6(15)2-4-5(11)3-14-8(10)7(4)9(12)13/h3,9H,2H2,1H3. The molecule has 0 atom stereocenters. The number of carbonyl (C=O) groups is 1. The summed E-state index contributed by atoms with van der Waals surface area (Å²) in [5.41, 5.74) is -1.26. The summed E-state index contributed by atoms with van der Waals surface area (Å²) >= 11 is 5.41. The van der Waals surface area contributed by atoms with Crippen LogP contribution < -0.4 is 0 Å². The molecule has 0 saturated carbocycles. The lowest BCUT2D eigenvalue weighted by Crippen LogP contribution is -2.10. The average molecular weight is 254 g/mol. The van der Waals surface area contributed by atoms with Crippen LogP contribution >= 0.6 is 11.6 Å². The molecule has 0 aliphatic rings. The molecule has 88 valence electrons. The second-order valence-electron chi connectivity index (χ2n) is 2.84. The van der Waals surface area contributed by atoms with Crippen LogP contribution in [0.5, 0.6) is 0 Å². The molecule has 1 heterocycles. The van der Waals surface area contributed by atoms with Crippen LogP contribution in [0.4, 0.5) is 13.2 Å². The van der Waals surface area contributed by atoms with E-state index >= 15 is 0 Å². The van der Waals surface area contributed by atoms with E-state index in [9.17, 15) is 18.0 Å². The molecule has 0 spiro atoms. The molecule has 7 heteroatoms. The zero-order chi connectivity index (χ0) is 12.3. The fourth-order valence-corrected chi connectivity index (χ4v) is 1.38. The van der Waals surface area contributed by atoms with Crippen LogP contribution in [0.3, 0.4) is 0 Å². The van der Waals surface area contributed by atoms with Crippen LogP contribution in [0, 0.1) is 5.82 Å². The summed E-state index contributed by atoms with van der Waals surface area (Å²) in [6.45, 7) is 0. The third-order valence-corrected chi connectivity index (χ3v) is 2.20. The molecule has 0 N–H and O–H groups in total. The Labute approximate surface area is 94.2 Å². The van der Waals surface area contributed by atoms with Gasteiger partial charge in [-0.05, 0) is 0 Å². The number of carbonyl (C=O) groups excluding carboxylic acids is 1. The number of nitrogens with zero attached hydrogens (tertiary/aromatic N) is 1. The van der Waals surface area contributed by atoms with E-state index in [0.29, 0.717) is 6.20 Å². The number of aromatic nitrogens is 1. The van der Waals surface area contributed by atoms with Gasteiger partial charge in [-0.2, -0.15) is 0 Å². The number of pyridine rings is 1. The highest BCUT2D eigenvalue weighted by atomic mass is 35.5. The maximum Gasteiger partial charge on any atom is 0.310 e. The molecule has 1 aromatic heterocycles. The van der Waals surface area contributed by atoms with Gasteiger partial charge in [0.05, 0.1) is 25.3 Å². The molecule has 3 nitrogen and oxygen atoms in total. The van der Waals surface area contributed by atoms with Gasteiger partial charge in [-0.1, -0.05) is 11.6 Å². The number of ether oxygens (including phenoxy) is 1. The SMILES string of the molecule is COC(=O)Cc1c(F)cnc(Cl)c1C(F)F. The van der Waals surface area contributed by atoms with Gasteiger partial charge in [0.25, 0.3) is 6.43 Å². The number of esters is 1. The van der Waals surface area contributed by atoms with Crippen molar-refractivity contribution in [2.45, 2.75) is 12.8 Å². The van der Waals surface area contributed by atoms with E-state index in [-0.39, 0.29) is 0 Å². The van der Waals surface area contributed by atoms with Crippen LogP contribution in [0.25, 0.3) is 0 Å². The van der Waals surface area contributed by atoms with E-state index in [1.165, 1.54) is 0 Å². The zero-order valence-corrected chi connectivity index (χ0v) is 8.89. The van der Waals surface area contributed by atoms with Crippen LogP contribution in [0.1, 0.15) is 17.6 Å². The predicted molar refractivity (Wildman–Crippen MR) is 49.9 cm³/mol. The molecule has 0 radical (unpaired) electrons. The van der Waals surface area contributed by atoms with Crippen LogP contribution in [0.2, 0.25) is 5.15 Å². The minimum atomic E-state index is -3.00. The summed E-state index contributed by atoms with van der Waals surface area (Å²) in [7, 11) is 1.07. The van der Waals surface area contributed by atoms with Crippen molar-refractivity contribution in [2.24, 2.45) is 0 Å². The fourth-order valence-electron chi connectivity index (χ4n) is 1.13. The van der Waals surface area contributed by atoms with Gasteiger partial charge in [-0.15, -0.1) is 0 Å². The van der Waals surface area contributed by atoms with E-state index in [2.05, 4.69) is 9.72 Å². The second kappa shape index (κ2) is 5.16. The molecule has 16 heavy (non-hydrogen) atoms. The maximum atomic E-state index is 13.2. The summed E-state index contributed by atoms with van der Waals surface area (Å²) in [5, 5.41) is -0.518. The molecule has 0 bridgehead atoms. The normalized spacial score (nSPS) is 10.6. The number of rotatable bonds is 3. The van der Waals surface area contributed by atoms with E-state index in [1.54, 1.807) is 0 Å². The van der Waals surface area contributed by atoms with Crippen molar-refractivity contribution in [1.82, 2.24) is 4.98 Å². The molecular formula is C9H7ClF3NO2. The van der Waals surface area contributed by atoms with Crippen molar-refractivity contribution < 1.29 is 22.7 Å². The highest BCUT2D eigenvalue weighted by Gasteiger charge is 2.23. The van der Waals surface area contributed by atoms with Gasteiger partial charge in [0.15, 0.2) is 0 Å². The Morgan fingerprint density at radius 1 is 1.62 bits per heavy atom. The van der Waals surface area contributed by atoms with Crippen LogP contribution in [-0.4, -0.2) is 18.1 Å².